The average molecular weight is 418 g/mol. The first-order valence-corrected chi connectivity index (χ1v) is 11.5. The number of nitrogens with one attached hydrogen (secondary N) is 1. The van der Waals surface area contributed by atoms with Crippen LogP contribution in [0.4, 0.5) is 5.00 Å². The topological polar surface area (TPSA) is 90.3 Å². The van der Waals surface area contributed by atoms with Crippen LogP contribution in [0.2, 0.25) is 0 Å². The minimum absolute atomic E-state index is 0.143. The standard InChI is InChI=1S/C20H23N3O3S2/c1-13(2)23(3)28(25,26)15-10-8-14(9-11-15)19(24)22-20-17(12-21)16-6-4-5-7-18(16)27-20/h8-11,13H,4-7H2,1-3H3,(H,22,24). The van der Waals surface area contributed by atoms with Gasteiger partial charge in [-0.2, -0.15) is 9.57 Å². The van der Waals surface area contributed by atoms with E-state index in [1.807, 2.05) is 0 Å². The second-order valence-electron chi connectivity index (χ2n) is 7.12. The number of thiophene rings is 1. The number of carbonyl (C=O) groups excluding carboxylic acids is 1. The van der Waals surface area contributed by atoms with Gasteiger partial charge in [-0.05, 0) is 69.4 Å². The van der Waals surface area contributed by atoms with E-state index in [0.29, 0.717) is 16.1 Å². The van der Waals surface area contributed by atoms with Crippen molar-refractivity contribution in [1.82, 2.24) is 4.31 Å². The van der Waals surface area contributed by atoms with Crippen LogP contribution in [0.1, 0.15) is 53.1 Å². The van der Waals surface area contributed by atoms with Gasteiger partial charge in [0.1, 0.15) is 11.1 Å². The second-order valence-corrected chi connectivity index (χ2v) is 10.2. The van der Waals surface area contributed by atoms with E-state index in [-0.39, 0.29) is 16.8 Å². The lowest BCUT2D eigenvalue weighted by atomic mass is 9.96. The maximum atomic E-state index is 12.6. The number of nitrogens with zero attached hydrogens (tertiary/aromatic N) is 2. The third-order valence-corrected chi connectivity index (χ3v) is 8.29. The first kappa shape index (κ1) is 20.5. The zero-order valence-electron chi connectivity index (χ0n) is 16.2. The van der Waals surface area contributed by atoms with E-state index < -0.39 is 10.0 Å². The summed E-state index contributed by atoms with van der Waals surface area (Å²) in [5.41, 5.74) is 1.97. The fourth-order valence-corrected chi connectivity index (χ4v) is 5.77. The number of carbonyl (C=O) groups is 1. The third-order valence-electron chi connectivity index (χ3n) is 5.03. The fraction of sp³-hybridized carbons (Fsp3) is 0.400. The Morgan fingerprint density at radius 3 is 2.46 bits per heavy atom. The molecule has 2 aromatic rings. The minimum atomic E-state index is -3.59. The highest BCUT2D eigenvalue weighted by molar-refractivity contribution is 7.89. The summed E-state index contributed by atoms with van der Waals surface area (Å²) in [6.07, 6.45) is 3.99. The predicted molar refractivity (Wildman–Crippen MR) is 110 cm³/mol. The van der Waals surface area contributed by atoms with Crippen LogP contribution >= 0.6 is 11.3 Å². The van der Waals surface area contributed by atoms with Gasteiger partial charge in [0, 0.05) is 23.5 Å². The SMILES string of the molecule is CC(C)N(C)S(=O)(=O)c1ccc(C(=O)Nc2sc3c(c2C#N)CCCC3)cc1. The van der Waals surface area contributed by atoms with Gasteiger partial charge in [0.2, 0.25) is 10.0 Å². The van der Waals surface area contributed by atoms with E-state index in [4.69, 9.17) is 0 Å². The van der Waals surface area contributed by atoms with E-state index in [1.54, 1.807) is 13.8 Å². The van der Waals surface area contributed by atoms with Crippen LogP contribution < -0.4 is 5.32 Å². The zero-order valence-corrected chi connectivity index (χ0v) is 17.8. The Morgan fingerprint density at radius 1 is 1.21 bits per heavy atom. The molecular weight excluding hydrogens is 394 g/mol. The Balaban J connectivity index is 1.81. The molecule has 28 heavy (non-hydrogen) atoms. The van der Waals surface area contributed by atoms with Gasteiger partial charge in [0.25, 0.3) is 5.91 Å². The summed E-state index contributed by atoms with van der Waals surface area (Å²) in [6.45, 7) is 3.60. The number of amides is 1. The summed E-state index contributed by atoms with van der Waals surface area (Å²) < 4.78 is 26.4. The molecule has 0 spiro atoms. The number of anilines is 1. The summed E-state index contributed by atoms with van der Waals surface area (Å²) in [5, 5.41) is 12.9. The van der Waals surface area contributed by atoms with Gasteiger partial charge < -0.3 is 5.32 Å². The molecule has 8 heteroatoms. The van der Waals surface area contributed by atoms with E-state index in [2.05, 4.69) is 11.4 Å². The van der Waals surface area contributed by atoms with Crippen molar-refractivity contribution in [1.29, 1.82) is 5.26 Å². The Labute approximate surface area is 169 Å². The van der Waals surface area contributed by atoms with Gasteiger partial charge in [-0.1, -0.05) is 0 Å². The quantitative estimate of drug-likeness (QED) is 0.802. The van der Waals surface area contributed by atoms with Crippen LogP contribution in [-0.4, -0.2) is 31.7 Å². The van der Waals surface area contributed by atoms with Gasteiger partial charge >= 0.3 is 0 Å². The average Bonchev–Trinajstić information content (AvgIpc) is 3.04. The predicted octanol–water partition coefficient (Wildman–Crippen LogP) is 3.78. The largest absolute Gasteiger partial charge is 0.312 e. The van der Waals surface area contributed by atoms with Crippen LogP contribution in [0, 0.1) is 11.3 Å². The molecule has 1 aromatic heterocycles. The molecule has 0 saturated heterocycles. The van der Waals surface area contributed by atoms with Crippen LogP contribution in [0.3, 0.4) is 0 Å². The first-order valence-electron chi connectivity index (χ1n) is 9.19. The summed E-state index contributed by atoms with van der Waals surface area (Å²) in [7, 11) is -2.06. The summed E-state index contributed by atoms with van der Waals surface area (Å²) in [5.74, 6) is -0.351. The fourth-order valence-electron chi connectivity index (χ4n) is 3.17. The van der Waals surface area contributed by atoms with Crippen molar-refractivity contribution in [2.45, 2.75) is 50.5 Å². The minimum Gasteiger partial charge on any atom is -0.312 e. The molecule has 0 aliphatic heterocycles. The van der Waals surface area contributed by atoms with Gasteiger partial charge in [-0.15, -0.1) is 11.3 Å². The molecule has 1 N–H and O–H groups in total. The maximum Gasteiger partial charge on any atom is 0.256 e. The molecule has 1 aliphatic carbocycles. The zero-order chi connectivity index (χ0) is 20.5. The number of nitriles is 1. The molecule has 0 radical (unpaired) electrons. The Kier molecular flexibility index (Phi) is 5.89. The highest BCUT2D eigenvalue weighted by Crippen LogP contribution is 2.37. The lowest BCUT2D eigenvalue weighted by Crippen LogP contribution is -2.33. The number of fused-ring (bicyclic) bond motifs is 1. The molecular formula is C20H23N3O3S2. The van der Waals surface area contributed by atoms with Crippen LogP contribution in [-0.2, 0) is 22.9 Å². The van der Waals surface area contributed by atoms with Crippen molar-refractivity contribution in [3.8, 4) is 6.07 Å². The van der Waals surface area contributed by atoms with Gasteiger partial charge in [0.05, 0.1) is 10.5 Å². The van der Waals surface area contributed by atoms with Crippen molar-refractivity contribution in [2.75, 3.05) is 12.4 Å². The molecule has 3 rings (SSSR count). The van der Waals surface area contributed by atoms with E-state index in [0.717, 1.165) is 31.2 Å². The number of aryl methyl sites for hydroxylation is 1. The number of hydrogen-bond donors (Lipinski definition) is 1. The Hall–Kier alpha value is -2.21. The molecule has 0 saturated carbocycles. The Morgan fingerprint density at radius 2 is 1.86 bits per heavy atom. The number of benzene rings is 1. The van der Waals surface area contributed by atoms with Crippen molar-refractivity contribution in [2.24, 2.45) is 0 Å². The molecule has 6 nitrogen and oxygen atoms in total. The second kappa shape index (κ2) is 8.03. The highest BCUT2D eigenvalue weighted by atomic mass is 32.2. The van der Waals surface area contributed by atoms with Gasteiger partial charge in [0.15, 0.2) is 0 Å². The monoisotopic (exact) mass is 417 g/mol. The lowest BCUT2D eigenvalue weighted by molar-refractivity contribution is 0.102. The summed E-state index contributed by atoms with van der Waals surface area (Å²) >= 11 is 1.47. The molecule has 1 aromatic carbocycles. The number of rotatable bonds is 5. The van der Waals surface area contributed by atoms with Crippen molar-refractivity contribution >= 4 is 32.3 Å². The maximum absolute atomic E-state index is 12.6. The molecule has 1 amide bonds. The van der Waals surface area contributed by atoms with Crippen LogP contribution in [0.5, 0.6) is 0 Å². The van der Waals surface area contributed by atoms with E-state index >= 15 is 0 Å². The van der Waals surface area contributed by atoms with Crippen molar-refractivity contribution in [3.63, 3.8) is 0 Å². The molecule has 0 unspecified atom stereocenters. The molecule has 0 fully saturated rings. The van der Waals surface area contributed by atoms with Gasteiger partial charge in [-0.3, -0.25) is 4.79 Å². The Bertz CT molecular complexity index is 1030. The normalized spacial score (nSPS) is 14.0. The molecule has 1 aliphatic rings. The molecule has 0 atom stereocenters. The molecule has 1 heterocycles. The highest BCUT2D eigenvalue weighted by Gasteiger charge is 2.24. The van der Waals surface area contributed by atoms with Crippen LogP contribution in [0.15, 0.2) is 29.2 Å². The number of sulfonamides is 1. The first-order chi connectivity index (χ1) is 13.3. The van der Waals surface area contributed by atoms with E-state index in [1.165, 1.54) is 51.8 Å². The van der Waals surface area contributed by atoms with Crippen LogP contribution in [0.25, 0.3) is 0 Å². The van der Waals surface area contributed by atoms with Crippen molar-refractivity contribution in [3.05, 3.63) is 45.8 Å². The lowest BCUT2D eigenvalue weighted by Gasteiger charge is -2.21. The third kappa shape index (κ3) is 3.83. The van der Waals surface area contributed by atoms with E-state index in [9.17, 15) is 18.5 Å². The van der Waals surface area contributed by atoms with Crippen molar-refractivity contribution < 1.29 is 13.2 Å². The summed E-state index contributed by atoms with van der Waals surface area (Å²) in [6, 6.07) is 7.93. The summed E-state index contributed by atoms with van der Waals surface area (Å²) in [4.78, 5) is 13.9. The molecule has 148 valence electrons. The smallest absolute Gasteiger partial charge is 0.256 e. The molecule has 0 bridgehead atoms. The van der Waals surface area contributed by atoms with Gasteiger partial charge in [-0.25, -0.2) is 8.42 Å². The number of hydrogen-bond acceptors (Lipinski definition) is 5.